The Morgan fingerprint density at radius 2 is 2.30 bits per heavy atom. The van der Waals surface area contributed by atoms with Gasteiger partial charge in [-0.15, -0.1) is 0 Å². The van der Waals surface area contributed by atoms with Crippen molar-refractivity contribution in [2.24, 2.45) is 0 Å². The predicted molar refractivity (Wildman–Crippen MR) is 74.1 cm³/mol. The van der Waals surface area contributed by atoms with Crippen molar-refractivity contribution in [3.05, 3.63) is 28.0 Å². The quantitative estimate of drug-likeness (QED) is 0.732. The third kappa shape index (κ3) is 2.35. The topological polar surface area (TPSA) is 99.8 Å². The van der Waals surface area contributed by atoms with Gasteiger partial charge in [0.05, 0.1) is 11.1 Å². The number of Topliss-reactive ketones (excluding diaryl/α,β-unsaturated/α-hetero) is 1. The van der Waals surface area contributed by atoms with Crippen LogP contribution >= 0.6 is 11.3 Å². The lowest BCUT2D eigenvalue weighted by Crippen LogP contribution is -2.25. The van der Waals surface area contributed by atoms with E-state index in [1.165, 1.54) is 13.1 Å². The van der Waals surface area contributed by atoms with Gasteiger partial charge in [0.1, 0.15) is 0 Å². The van der Waals surface area contributed by atoms with Crippen molar-refractivity contribution in [1.29, 1.82) is 0 Å². The van der Waals surface area contributed by atoms with Crippen molar-refractivity contribution >= 4 is 28.2 Å². The van der Waals surface area contributed by atoms with E-state index in [9.17, 15) is 9.59 Å². The first-order valence-corrected chi connectivity index (χ1v) is 7.01. The summed E-state index contributed by atoms with van der Waals surface area (Å²) in [7, 11) is 0. The molecule has 3 N–H and O–H groups in total. The van der Waals surface area contributed by atoms with Gasteiger partial charge in [-0.2, -0.15) is 5.10 Å². The van der Waals surface area contributed by atoms with E-state index >= 15 is 0 Å². The van der Waals surface area contributed by atoms with Crippen molar-refractivity contribution < 1.29 is 9.59 Å². The lowest BCUT2D eigenvalue weighted by atomic mass is 10.1. The summed E-state index contributed by atoms with van der Waals surface area (Å²) in [4.78, 5) is 27.9. The van der Waals surface area contributed by atoms with Crippen LogP contribution in [0.4, 0.5) is 5.13 Å². The highest BCUT2D eigenvalue weighted by molar-refractivity contribution is 7.17. The molecule has 0 spiro atoms. The molecule has 7 nitrogen and oxygen atoms in total. The Hall–Kier alpha value is -2.06. The van der Waals surface area contributed by atoms with Crippen molar-refractivity contribution in [3.8, 4) is 0 Å². The van der Waals surface area contributed by atoms with Gasteiger partial charge in [-0.1, -0.05) is 11.3 Å². The van der Waals surface area contributed by atoms with E-state index in [0.29, 0.717) is 22.2 Å². The minimum absolute atomic E-state index is 0.0654. The van der Waals surface area contributed by atoms with E-state index in [4.69, 9.17) is 0 Å². The van der Waals surface area contributed by atoms with Gasteiger partial charge in [-0.3, -0.25) is 20.0 Å². The second-order valence-electron chi connectivity index (χ2n) is 4.50. The lowest BCUT2D eigenvalue weighted by molar-refractivity contribution is 0.101. The van der Waals surface area contributed by atoms with Crippen LogP contribution in [-0.2, 0) is 13.0 Å². The van der Waals surface area contributed by atoms with Crippen LogP contribution in [0.25, 0.3) is 0 Å². The molecule has 0 unspecified atom stereocenters. The molecule has 3 heterocycles. The first-order valence-electron chi connectivity index (χ1n) is 6.20. The maximum atomic E-state index is 12.2. The maximum absolute atomic E-state index is 12.2. The molecule has 8 heteroatoms. The van der Waals surface area contributed by atoms with Crippen LogP contribution in [0.5, 0.6) is 0 Å². The molecule has 0 radical (unpaired) electrons. The Kier molecular flexibility index (Phi) is 3.33. The SMILES string of the molecule is CC(=O)c1cnc(NC(=O)c2n[nH]c3c2CNCC3)s1. The zero-order chi connectivity index (χ0) is 14.1. The average molecular weight is 291 g/mol. The van der Waals surface area contributed by atoms with Crippen LogP contribution in [0, 0.1) is 0 Å². The number of thiazole rings is 1. The number of aromatic amines is 1. The van der Waals surface area contributed by atoms with Crippen LogP contribution in [-0.4, -0.2) is 33.4 Å². The summed E-state index contributed by atoms with van der Waals surface area (Å²) in [5.74, 6) is -0.375. The van der Waals surface area contributed by atoms with E-state index in [-0.39, 0.29) is 11.7 Å². The summed E-state index contributed by atoms with van der Waals surface area (Å²) in [6, 6.07) is 0. The van der Waals surface area contributed by atoms with Crippen LogP contribution in [0.3, 0.4) is 0 Å². The molecule has 2 aromatic heterocycles. The average Bonchev–Trinajstić information content (AvgIpc) is 3.04. The number of rotatable bonds is 3. The molecule has 0 aromatic carbocycles. The molecule has 0 aliphatic carbocycles. The fourth-order valence-electron chi connectivity index (χ4n) is 2.06. The zero-order valence-electron chi connectivity index (χ0n) is 10.8. The Morgan fingerprint density at radius 1 is 1.45 bits per heavy atom. The third-order valence-electron chi connectivity index (χ3n) is 3.09. The minimum atomic E-state index is -0.310. The van der Waals surface area contributed by atoms with Gasteiger partial charge in [0.15, 0.2) is 16.6 Å². The fourth-order valence-corrected chi connectivity index (χ4v) is 2.77. The highest BCUT2D eigenvalue weighted by Gasteiger charge is 2.22. The fraction of sp³-hybridized carbons (Fsp3) is 0.333. The molecule has 0 bridgehead atoms. The van der Waals surface area contributed by atoms with Gasteiger partial charge >= 0.3 is 0 Å². The largest absolute Gasteiger partial charge is 0.312 e. The van der Waals surface area contributed by atoms with E-state index in [1.807, 2.05) is 0 Å². The molecule has 2 aromatic rings. The van der Waals surface area contributed by atoms with Gasteiger partial charge in [0.2, 0.25) is 0 Å². The molecule has 1 aliphatic heterocycles. The van der Waals surface area contributed by atoms with Crippen molar-refractivity contribution in [1.82, 2.24) is 20.5 Å². The molecule has 0 fully saturated rings. The number of H-pyrrole nitrogens is 1. The molecular weight excluding hydrogens is 278 g/mol. The summed E-state index contributed by atoms with van der Waals surface area (Å²) in [5.41, 5.74) is 2.28. The van der Waals surface area contributed by atoms with E-state index < -0.39 is 0 Å². The molecule has 1 aliphatic rings. The first kappa shape index (κ1) is 12.9. The number of carbonyl (C=O) groups excluding carboxylic acids is 2. The van der Waals surface area contributed by atoms with Gasteiger partial charge in [-0.25, -0.2) is 4.98 Å². The molecule has 0 atom stereocenters. The lowest BCUT2D eigenvalue weighted by Gasteiger charge is -2.12. The highest BCUT2D eigenvalue weighted by Crippen LogP contribution is 2.21. The molecule has 3 rings (SSSR count). The highest BCUT2D eigenvalue weighted by atomic mass is 32.1. The number of ketones is 1. The van der Waals surface area contributed by atoms with Crippen LogP contribution in [0.2, 0.25) is 0 Å². The molecule has 1 amide bonds. The van der Waals surface area contributed by atoms with Crippen LogP contribution in [0.1, 0.15) is 38.3 Å². The van der Waals surface area contributed by atoms with Crippen molar-refractivity contribution in [2.45, 2.75) is 19.9 Å². The smallest absolute Gasteiger partial charge is 0.278 e. The van der Waals surface area contributed by atoms with E-state index in [2.05, 4.69) is 25.8 Å². The summed E-state index contributed by atoms with van der Waals surface area (Å²) in [5, 5.41) is 13.2. The van der Waals surface area contributed by atoms with Crippen LogP contribution < -0.4 is 10.6 Å². The van der Waals surface area contributed by atoms with Gasteiger partial charge in [0.25, 0.3) is 5.91 Å². The van der Waals surface area contributed by atoms with Gasteiger partial charge in [0, 0.05) is 37.7 Å². The molecule has 0 saturated carbocycles. The second-order valence-corrected chi connectivity index (χ2v) is 5.53. The van der Waals surface area contributed by atoms with Crippen molar-refractivity contribution in [3.63, 3.8) is 0 Å². The normalized spacial score (nSPS) is 13.8. The minimum Gasteiger partial charge on any atom is -0.312 e. The number of nitrogens with one attached hydrogen (secondary N) is 3. The standard InChI is InChI=1S/C12H13N5O2S/c1-6(18)9-5-14-12(20-9)15-11(19)10-7-4-13-3-2-8(7)16-17-10/h5,13H,2-4H2,1H3,(H,16,17)(H,14,15,19). The summed E-state index contributed by atoms with van der Waals surface area (Å²) < 4.78 is 0. The number of hydrogen-bond donors (Lipinski definition) is 3. The Labute approximate surface area is 118 Å². The number of hydrogen-bond acceptors (Lipinski definition) is 6. The summed E-state index contributed by atoms with van der Waals surface area (Å²) in [6.45, 7) is 2.98. The Balaban J connectivity index is 1.79. The number of nitrogens with zero attached hydrogens (tertiary/aromatic N) is 2. The maximum Gasteiger partial charge on any atom is 0.278 e. The molecule has 0 saturated heterocycles. The van der Waals surface area contributed by atoms with E-state index in [1.54, 1.807) is 0 Å². The monoisotopic (exact) mass is 291 g/mol. The van der Waals surface area contributed by atoms with Crippen molar-refractivity contribution in [2.75, 3.05) is 11.9 Å². The third-order valence-corrected chi connectivity index (χ3v) is 4.11. The second kappa shape index (κ2) is 5.14. The molecule has 104 valence electrons. The number of carbonyl (C=O) groups is 2. The summed E-state index contributed by atoms with van der Waals surface area (Å²) >= 11 is 1.16. The molecular formula is C12H13N5O2S. The van der Waals surface area contributed by atoms with Gasteiger partial charge in [-0.05, 0) is 0 Å². The Morgan fingerprint density at radius 3 is 3.05 bits per heavy atom. The Bertz CT molecular complexity index is 675. The van der Waals surface area contributed by atoms with Gasteiger partial charge < -0.3 is 5.32 Å². The first-order chi connectivity index (χ1) is 9.65. The number of fused-ring (bicyclic) bond motifs is 1. The number of amides is 1. The number of aromatic nitrogens is 3. The zero-order valence-corrected chi connectivity index (χ0v) is 11.6. The predicted octanol–water partition coefficient (Wildman–Crippen LogP) is 0.967. The number of anilines is 1. The summed E-state index contributed by atoms with van der Waals surface area (Å²) in [6.07, 6.45) is 2.30. The van der Waals surface area contributed by atoms with E-state index in [0.717, 1.165) is 35.6 Å². The van der Waals surface area contributed by atoms with Crippen LogP contribution in [0.15, 0.2) is 6.20 Å². The molecule has 20 heavy (non-hydrogen) atoms.